The zero-order valence-corrected chi connectivity index (χ0v) is 35.2. The van der Waals surface area contributed by atoms with Crippen LogP contribution in [0.5, 0.6) is 5.75 Å². The Balaban J connectivity index is 1.12. The average Bonchev–Trinajstić information content (AvgIpc) is 3.79. The number of aromatic nitrogens is 1. The number of anilines is 1. The van der Waals surface area contributed by atoms with Crippen molar-refractivity contribution in [2.45, 2.75) is 111 Å². The van der Waals surface area contributed by atoms with Crippen LogP contribution in [0.4, 0.5) is 5.69 Å². The number of carbonyl (C=O) groups excluding carboxylic acids is 4. The maximum absolute atomic E-state index is 13.1. The lowest BCUT2D eigenvalue weighted by Gasteiger charge is -2.25. The SMILES string of the molecule is CCN(CC)CCNC(=O)c1c(C)[nH]c(/C=C2\C(=O)Nc3ccc(OC(=O)CCC/C=C\C[C@@H]4[C@@H](CC[C@@H](O)CCc5ccccc5)[C@H](O)C[C@@H]4OC(C)=O)cc32)c1C. The average molecular weight is 811 g/mol. The van der Waals surface area contributed by atoms with Gasteiger partial charge < -0.3 is 40.2 Å². The van der Waals surface area contributed by atoms with Crippen LogP contribution in [0.3, 0.4) is 0 Å². The first-order valence-electron chi connectivity index (χ1n) is 21.2. The smallest absolute Gasteiger partial charge is 0.311 e. The monoisotopic (exact) mass is 810 g/mol. The molecule has 0 spiro atoms. The van der Waals surface area contributed by atoms with Gasteiger partial charge in [0.05, 0.1) is 23.3 Å². The second-order valence-electron chi connectivity index (χ2n) is 15.8. The van der Waals surface area contributed by atoms with Crippen molar-refractivity contribution < 1.29 is 38.9 Å². The molecule has 1 saturated carbocycles. The van der Waals surface area contributed by atoms with Gasteiger partial charge in [0.25, 0.3) is 11.8 Å². The maximum atomic E-state index is 13.1. The molecule has 1 aliphatic heterocycles. The summed E-state index contributed by atoms with van der Waals surface area (Å²) < 4.78 is 11.3. The molecule has 59 heavy (non-hydrogen) atoms. The fourth-order valence-electron chi connectivity index (χ4n) is 8.39. The number of benzene rings is 2. The van der Waals surface area contributed by atoms with Gasteiger partial charge in [-0.3, -0.25) is 19.2 Å². The van der Waals surface area contributed by atoms with Crippen LogP contribution >= 0.6 is 0 Å². The first-order chi connectivity index (χ1) is 28.4. The van der Waals surface area contributed by atoms with E-state index >= 15 is 0 Å². The minimum Gasteiger partial charge on any atom is -0.462 e. The molecule has 12 nitrogen and oxygen atoms in total. The third-order valence-electron chi connectivity index (χ3n) is 11.7. The Morgan fingerprint density at radius 1 is 1.03 bits per heavy atom. The number of aliphatic hydroxyl groups excluding tert-OH is 2. The highest BCUT2D eigenvalue weighted by atomic mass is 16.5. The van der Waals surface area contributed by atoms with Gasteiger partial charge in [-0.15, -0.1) is 0 Å². The number of allylic oxidation sites excluding steroid dienone is 2. The highest BCUT2D eigenvalue weighted by molar-refractivity contribution is 6.35. The predicted octanol–water partition coefficient (Wildman–Crippen LogP) is 6.92. The summed E-state index contributed by atoms with van der Waals surface area (Å²) in [6, 6.07) is 15.1. The number of nitrogens with one attached hydrogen (secondary N) is 3. The molecule has 1 fully saturated rings. The zero-order valence-electron chi connectivity index (χ0n) is 35.2. The molecule has 1 aromatic heterocycles. The molecule has 0 radical (unpaired) electrons. The van der Waals surface area contributed by atoms with Crippen molar-refractivity contribution in [1.29, 1.82) is 0 Å². The summed E-state index contributed by atoms with van der Waals surface area (Å²) in [6.07, 6.45) is 9.23. The summed E-state index contributed by atoms with van der Waals surface area (Å²) in [6.45, 7) is 12.4. The number of likely N-dealkylation sites (N-methyl/N-ethyl adjacent to an activating group) is 1. The molecule has 0 bridgehead atoms. The number of fused-ring (bicyclic) bond motifs is 1. The predicted molar refractivity (Wildman–Crippen MR) is 230 cm³/mol. The minimum absolute atomic E-state index is 0.0735. The van der Waals surface area contributed by atoms with Crippen LogP contribution in [0.1, 0.15) is 111 Å². The number of rotatable bonds is 21. The standard InChI is InChI=1S/C47H62N4O8/c1-6-51(7-2)26-25-48-47(57)45-30(3)41(49-31(45)4)28-39-38-27-35(22-24-40(38)50-46(39)56)59-44(55)18-14-9-8-13-17-37-36(42(54)29-43(37)58-32(5)52)23-21-34(53)20-19-33-15-11-10-12-16-33/h8,10-13,15-16,22,24,27-28,34,36-37,42-43,49,53-54H,6-7,9,14,17-21,23,25-26,29H2,1-5H3,(H,48,57)(H,50,56)/b13-8-,39-28-/t34-,36+,37+,42+,43-/m0/s1. The Kier molecular flexibility index (Phi) is 16.7. The van der Waals surface area contributed by atoms with E-state index in [0.717, 1.165) is 31.6 Å². The normalized spacial score (nSPS) is 19.9. The zero-order chi connectivity index (χ0) is 42.5. The number of nitrogens with zero attached hydrogens (tertiary/aromatic N) is 1. The summed E-state index contributed by atoms with van der Waals surface area (Å²) in [5.74, 6) is -1.08. The Bertz CT molecular complexity index is 1970. The van der Waals surface area contributed by atoms with Crippen molar-refractivity contribution in [3.8, 4) is 5.75 Å². The topological polar surface area (TPSA) is 170 Å². The van der Waals surface area contributed by atoms with E-state index in [9.17, 15) is 29.4 Å². The summed E-state index contributed by atoms with van der Waals surface area (Å²) >= 11 is 0. The van der Waals surface area contributed by atoms with Crippen molar-refractivity contribution in [3.63, 3.8) is 0 Å². The quantitative estimate of drug-likeness (QED) is 0.0252. The molecule has 2 aromatic carbocycles. The Morgan fingerprint density at radius 2 is 1.80 bits per heavy atom. The summed E-state index contributed by atoms with van der Waals surface area (Å²) in [5, 5.41) is 27.5. The first-order valence-corrected chi connectivity index (χ1v) is 21.2. The van der Waals surface area contributed by atoms with E-state index in [1.54, 1.807) is 24.3 Å². The summed E-state index contributed by atoms with van der Waals surface area (Å²) in [7, 11) is 0. The molecule has 3 aromatic rings. The lowest BCUT2D eigenvalue weighted by Crippen LogP contribution is -2.35. The molecule has 5 N–H and O–H groups in total. The molecule has 1 aliphatic carbocycles. The lowest BCUT2D eigenvalue weighted by molar-refractivity contribution is -0.148. The third kappa shape index (κ3) is 12.5. The number of carbonyl (C=O) groups is 4. The van der Waals surface area contributed by atoms with Crippen LogP contribution in [0.25, 0.3) is 11.6 Å². The van der Waals surface area contributed by atoms with Gasteiger partial charge in [0.1, 0.15) is 11.9 Å². The van der Waals surface area contributed by atoms with Crippen LogP contribution in [-0.2, 0) is 25.5 Å². The second-order valence-corrected chi connectivity index (χ2v) is 15.8. The van der Waals surface area contributed by atoms with Gasteiger partial charge >= 0.3 is 11.9 Å². The number of hydrogen-bond donors (Lipinski definition) is 5. The van der Waals surface area contributed by atoms with Crippen LogP contribution in [0, 0.1) is 25.7 Å². The Morgan fingerprint density at radius 3 is 2.53 bits per heavy atom. The molecule has 318 valence electrons. The maximum Gasteiger partial charge on any atom is 0.311 e. The minimum atomic E-state index is -0.617. The third-order valence-corrected chi connectivity index (χ3v) is 11.7. The molecular formula is C47H62N4O8. The number of aryl methyl sites for hydroxylation is 2. The van der Waals surface area contributed by atoms with Crippen LogP contribution in [0.2, 0.25) is 0 Å². The number of amides is 2. The van der Waals surface area contributed by atoms with Gasteiger partial charge in [-0.1, -0.05) is 56.3 Å². The van der Waals surface area contributed by atoms with Crippen LogP contribution in [0.15, 0.2) is 60.7 Å². The van der Waals surface area contributed by atoms with E-state index in [2.05, 4.69) is 46.5 Å². The van der Waals surface area contributed by atoms with Crippen molar-refractivity contribution in [2.24, 2.45) is 11.8 Å². The van der Waals surface area contributed by atoms with Gasteiger partial charge in [0.15, 0.2) is 0 Å². The van der Waals surface area contributed by atoms with Crippen molar-refractivity contribution in [1.82, 2.24) is 15.2 Å². The molecular weight excluding hydrogens is 749 g/mol. The molecule has 12 heteroatoms. The van der Waals surface area contributed by atoms with Gasteiger partial charge in [0.2, 0.25) is 0 Å². The Labute approximate surface area is 348 Å². The van der Waals surface area contributed by atoms with E-state index < -0.39 is 24.3 Å². The van der Waals surface area contributed by atoms with Gasteiger partial charge in [-0.2, -0.15) is 0 Å². The number of aromatic amines is 1. The van der Waals surface area contributed by atoms with Gasteiger partial charge in [-0.05, 0) is 113 Å². The number of ether oxygens (including phenoxy) is 2. The van der Waals surface area contributed by atoms with E-state index in [1.807, 2.05) is 44.2 Å². The van der Waals surface area contributed by atoms with Crippen molar-refractivity contribution in [2.75, 3.05) is 31.5 Å². The molecule has 0 saturated heterocycles. The summed E-state index contributed by atoms with van der Waals surface area (Å²) in [4.78, 5) is 56.4. The summed E-state index contributed by atoms with van der Waals surface area (Å²) in [5.41, 5.74) is 5.44. The highest BCUT2D eigenvalue weighted by Crippen LogP contribution is 2.41. The molecule has 2 heterocycles. The van der Waals surface area contributed by atoms with Crippen molar-refractivity contribution >= 4 is 41.1 Å². The van der Waals surface area contributed by atoms with E-state index in [4.69, 9.17) is 9.47 Å². The number of H-pyrrole nitrogens is 1. The number of aliphatic hydroxyl groups is 2. The number of unbranched alkanes of at least 4 members (excludes halogenated alkanes) is 1. The number of esters is 2. The van der Waals surface area contributed by atoms with E-state index in [-0.39, 0.29) is 36.0 Å². The van der Waals surface area contributed by atoms with Gasteiger partial charge in [0, 0.05) is 61.4 Å². The Hall–Kier alpha value is -5.04. The molecule has 0 unspecified atom stereocenters. The fraction of sp³-hybridized carbons (Fsp3) is 0.489. The lowest BCUT2D eigenvalue weighted by atomic mass is 9.85. The molecule has 2 amide bonds. The molecule has 5 rings (SSSR count). The van der Waals surface area contributed by atoms with E-state index in [1.165, 1.54) is 12.5 Å². The van der Waals surface area contributed by atoms with Crippen LogP contribution < -0.4 is 15.4 Å². The fourth-order valence-corrected chi connectivity index (χ4v) is 8.39. The first kappa shape index (κ1) is 45.1. The molecule has 2 aliphatic rings. The van der Waals surface area contributed by atoms with E-state index in [0.29, 0.717) is 91.0 Å². The second kappa shape index (κ2) is 21.8. The highest BCUT2D eigenvalue weighted by Gasteiger charge is 2.43. The van der Waals surface area contributed by atoms with Crippen LogP contribution in [-0.4, -0.2) is 88.3 Å². The van der Waals surface area contributed by atoms with Gasteiger partial charge in [-0.25, -0.2) is 0 Å². The largest absolute Gasteiger partial charge is 0.462 e. The van der Waals surface area contributed by atoms with Crippen molar-refractivity contribution in [3.05, 3.63) is 94.3 Å². The molecule has 5 atom stereocenters. The number of hydrogen-bond acceptors (Lipinski definition) is 9.